The van der Waals surface area contributed by atoms with Gasteiger partial charge in [-0.05, 0) is 44.1 Å². The van der Waals surface area contributed by atoms with Crippen LogP contribution in [0.4, 0.5) is 0 Å². The standard InChI is InChI=1S/C20H26N2O3/c1-14-19(21-15(2)25-14)20(24)22-12-10-17(11-13-22)18(23)9-8-16-6-4-3-5-7-16/h3-7,17-18,23H,8-13H2,1-2H3/t18-/m0/s1. The highest BCUT2D eigenvalue weighted by Crippen LogP contribution is 2.25. The summed E-state index contributed by atoms with van der Waals surface area (Å²) in [7, 11) is 0. The molecule has 1 saturated heterocycles. The van der Waals surface area contributed by atoms with Crippen LogP contribution < -0.4 is 0 Å². The summed E-state index contributed by atoms with van der Waals surface area (Å²) in [6.07, 6.45) is 3.01. The van der Waals surface area contributed by atoms with Gasteiger partial charge in [-0.25, -0.2) is 4.98 Å². The first kappa shape index (κ1) is 17.7. The molecule has 1 atom stereocenters. The minimum absolute atomic E-state index is 0.0634. The van der Waals surface area contributed by atoms with Gasteiger partial charge >= 0.3 is 0 Å². The van der Waals surface area contributed by atoms with Crippen molar-refractivity contribution in [1.82, 2.24) is 9.88 Å². The zero-order valence-electron chi connectivity index (χ0n) is 14.9. The number of carbonyl (C=O) groups is 1. The van der Waals surface area contributed by atoms with Gasteiger partial charge in [0.05, 0.1) is 6.10 Å². The molecule has 0 bridgehead atoms. The smallest absolute Gasteiger partial charge is 0.276 e. The number of hydrogen-bond acceptors (Lipinski definition) is 4. The first-order chi connectivity index (χ1) is 12.0. The zero-order chi connectivity index (χ0) is 17.8. The minimum Gasteiger partial charge on any atom is -0.445 e. The molecule has 0 radical (unpaired) electrons. The Balaban J connectivity index is 1.49. The topological polar surface area (TPSA) is 66.6 Å². The molecule has 1 fully saturated rings. The Labute approximate surface area is 148 Å². The van der Waals surface area contributed by atoms with Crippen molar-refractivity contribution in [2.45, 2.75) is 45.6 Å². The number of likely N-dealkylation sites (tertiary alicyclic amines) is 1. The van der Waals surface area contributed by atoms with Crippen LogP contribution in [0.25, 0.3) is 0 Å². The SMILES string of the molecule is Cc1nc(C(=O)N2CCC([C@@H](O)CCc3ccccc3)CC2)c(C)o1. The van der Waals surface area contributed by atoms with E-state index >= 15 is 0 Å². The molecule has 0 spiro atoms. The Hall–Kier alpha value is -2.14. The van der Waals surface area contributed by atoms with Gasteiger partial charge in [-0.2, -0.15) is 0 Å². The number of aliphatic hydroxyl groups excluding tert-OH is 1. The lowest BCUT2D eigenvalue weighted by Crippen LogP contribution is -2.41. The van der Waals surface area contributed by atoms with Crippen molar-refractivity contribution >= 4 is 5.91 Å². The minimum atomic E-state index is -0.312. The number of rotatable bonds is 5. The Morgan fingerprint density at radius 2 is 1.96 bits per heavy atom. The third kappa shape index (κ3) is 4.28. The second kappa shape index (κ2) is 7.83. The fraction of sp³-hybridized carbons (Fsp3) is 0.500. The van der Waals surface area contributed by atoms with E-state index in [2.05, 4.69) is 17.1 Å². The van der Waals surface area contributed by atoms with Gasteiger partial charge in [0, 0.05) is 20.0 Å². The second-order valence-electron chi connectivity index (χ2n) is 6.86. The quantitative estimate of drug-likeness (QED) is 0.906. The van der Waals surface area contributed by atoms with Gasteiger partial charge in [0.1, 0.15) is 5.76 Å². The fourth-order valence-corrected chi connectivity index (χ4v) is 3.56. The van der Waals surface area contributed by atoms with Crippen LogP contribution in [0.15, 0.2) is 34.7 Å². The number of piperidine rings is 1. The van der Waals surface area contributed by atoms with E-state index in [0.717, 1.165) is 25.7 Å². The van der Waals surface area contributed by atoms with Crippen molar-refractivity contribution in [3.05, 3.63) is 53.2 Å². The van der Waals surface area contributed by atoms with Crippen LogP contribution >= 0.6 is 0 Å². The predicted molar refractivity (Wildman–Crippen MR) is 95.4 cm³/mol. The van der Waals surface area contributed by atoms with E-state index < -0.39 is 0 Å². The van der Waals surface area contributed by atoms with E-state index in [1.54, 1.807) is 13.8 Å². The van der Waals surface area contributed by atoms with E-state index in [9.17, 15) is 9.90 Å². The number of oxazole rings is 1. The molecule has 25 heavy (non-hydrogen) atoms. The molecule has 1 aromatic heterocycles. The summed E-state index contributed by atoms with van der Waals surface area (Å²) >= 11 is 0. The number of amides is 1. The molecule has 1 amide bonds. The maximum Gasteiger partial charge on any atom is 0.276 e. The Kier molecular flexibility index (Phi) is 5.53. The van der Waals surface area contributed by atoms with Crippen LogP contribution in [0.2, 0.25) is 0 Å². The van der Waals surface area contributed by atoms with Crippen molar-refractivity contribution in [2.75, 3.05) is 13.1 Å². The molecule has 2 heterocycles. The lowest BCUT2D eigenvalue weighted by Gasteiger charge is -2.34. The molecule has 0 saturated carbocycles. The van der Waals surface area contributed by atoms with Crippen molar-refractivity contribution in [3.63, 3.8) is 0 Å². The molecule has 5 nitrogen and oxygen atoms in total. The highest BCUT2D eigenvalue weighted by molar-refractivity contribution is 5.93. The average molecular weight is 342 g/mol. The lowest BCUT2D eigenvalue weighted by atomic mass is 9.88. The van der Waals surface area contributed by atoms with Gasteiger partial charge in [-0.15, -0.1) is 0 Å². The second-order valence-corrected chi connectivity index (χ2v) is 6.86. The summed E-state index contributed by atoms with van der Waals surface area (Å²) < 4.78 is 5.36. The Morgan fingerprint density at radius 3 is 2.56 bits per heavy atom. The maximum atomic E-state index is 12.6. The summed E-state index contributed by atoms with van der Waals surface area (Å²) in [6, 6.07) is 10.2. The molecule has 0 unspecified atom stereocenters. The van der Waals surface area contributed by atoms with Crippen LogP contribution in [0, 0.1) is 19.8 Å². The van der Waals surface area contributed by atoms with Gasteiger partial charge in [0.15, 0.2) is 11.6 Å². The van der Waals surface area contributed by atoms with Crippen molar-refractivity contribution in [1.29, 1.82) is 0 Å². The van der Waals surface area contributed by atoms with Gasteiger partial charge in [0.25, 0.3) is 5.91 Å². The molecule has 3 rings (SSSR count). The van der Waals surface area contributed by atoms with E-state index in [1.165, 1.54) is 5.56 Å². The molecule has 134 valence electrons. The molecular formula is C20H26N2O3. The summed E-state index contributed by atoms with van der Waals surface area (Å²) in [4.78, 5) is 18.6. The highest BCUT2D eigenvalue weighted by Gasteiger charge is 2.29. The van der Waals surface area contributed by atoms with Crippen molar-refractivity contribution in [2.24, 2.45) is 5.92 Å². The molecule has 2 aromatic rings. The number of nitrogens with zero attached hydrogens (tertiary/aromatic N) is 2. The summed E-state index contributed by atoms with van der Waals surface area (Å²) in [5.74, 6) is 1.29. The molecular weight excluding hydrogens is 316 g/mol. The summed E-state index contributed by atoms with van der Waals surface area (Å²) in [5.41, 5.74) is 1.67. The van der Waals surface area contributed by atoms with E-state index in [4.69, 9.17) is 4.42 Å². The van der Waals surface area contributed by atoms with E-state index in [1.807, 2.05) is 23.1 Å². The molecule has 1 aromatic carbocycles. The number of aryl methyl sites for hydroxylation is 3. The number of aromatic nitrogens is 1. The first-order valence-electron chi connectivity index (χ1n) is 9.00. The van der Waals surface area contributed by atoms with Crippen LogP contribution in [0.3, 0.4) is 0 Å². The Bertz CT molecular complexity index is 703. The number of aliphatic hydroxyl groups is 1. The summed E-state index contributed by atoms with van der Waals surface area (Å²) in [6.45, 7) is 4.85. The normalized spacial score (nSPS) is 16.8. The number of hydrogen-bond donors (Lipinski definition) is 1. The van der Waals surface area contributed by atoms with Gasteiger partial charge in [0.2, 0.25) is 0 Å². The van der Waals surface area contributed by atoms with Crippen LogP contribution in [-0.2, 0) is 6.42 Å². The van der Waals surface area contributed by atoms with Gasteiger partial charge in [-0.1, -0.05) is 30.3 Å². The number of carbonyl (C=O) groups excluding carboxylic acids is 1. The van der Waals surface area contributed by atoms with E-state index in [0.29, 0.717) is 30.4 Å². The Morgan fingerprint density at radius 1 is 1.28 bits per heavy atom. The van der Waals surface area contributed by atoms with Crippen LogP contribution in [0.1, 0.15) is 47.0 Å². The predicted octanol–water partition coefficient (Wildman–Crippen LogP) is 3.14. The van der Waals surface area contributed by atoms with Crippen molar-refractivity contribution in [3.8, 4) is 0 Å². The van der Waals surface area contributed by atoms with Gasteiger partial charge < -0.3 is 14.4 Å². The monoisotopic (exact) mass is 342 g/mol. The molecule has 1 N–H and O–H groups in total. The van der Waals surface area contributed by atoms with Crippen LogP contribution in [-0.4, -0.2) is 40.1 Å². The van der Waals surface area contributed by atoms with E-state index in [-0.39, 0.29) is 17.9 Å². The summed E-state index contributed by atoms with van der Waals surface area (Å²) in [5, 5.41) is 10.5. The molecule has 5 heteroatoms. The highest BCUT2D eigenvalue weighted by atomic mass is 16.4. The van der Waals surface area contributed by atoms with Gasteiger partial charge in [-0.3, -0.25) is 4.79 Å². The third-order valence-electron chi connectivity index (χ3n) is 5.05. The molecule has 1 aliphatic rings. The zero-order valence-corrected chi connectivity index (χ0v) is 14.9. The number of benzene rings is 1. The lowest BCUT2D eigenvalue weighted by molar-refractivity contribution is 0.0433. The maximum absolute atomic E-state index is 12.6. The third-order valence-corrected chi connectivity index (χ3v) is 5.05. The fourth-order valence-electron chi connectivity index (χ4n) is 3.56. The molecule has 0 aliphatic carbocycles. The molecule has 1 aliphatic heterocycles. The van der Waals surface area contributed by atoms with Crippen molar-refractivity contribution < 1.29 is 14.3 Å². The first-order valence-corrected chi connectivity index (χ1v) is 9.00. The largest absolute Gasteiger partial charge is 0.445 e. The van der Waals surface area contributed by atoms with Crippen LogP contribution in [0.5, 0.6) is 0 Å². The average Bonchev–Trinajstić information content (AvgIpc) is 2.98.